The van der Waals surface area contributed by atoms with Crippen LogP contribution in [-0.2, 0) is 6.42 Å². The molecule has 2 rings (SSSR count). The van der Waals surface area contributed by atoms with Gasteiger partial charge in [-0.3, -0.25) is 4.79 Å². The molecule has 0 atom stereocenters. The lowest BCUT2D eigenvalue weighted by molar-refractivity contribution is 0.0955. The lowest BCUT2D eigenvalue weighted by atomic mass is 10.0. The molecule has 0 saturated carbocycles. The van der Waals surface area contributed by atoms with Crippen LogP contribution in [0.5, 0.6) is 0 Å². The zero-order chi connectivity index (χ0) is 10.1. The molecule has 1 N–H and O–H groups in total. The summed E-state index contributed by atoms with van der Waals surface area (Å²) in [5.41, 5.74) is 2.06. The van der Waals surface area contributed by atoms with Gasteiger partial charge >= 0.3 is 0 Å². The molecule has 0 radical (unpaired) electrons. The zero-order valence-electron chi connectivity index (χ0n) is 8.06. The van der Waals surface area contributed by atoms with E-state index in [1.807, 2.05) is 0 Å². The maximum Gasteiger partial charge on any atom is 0.251 e. The number of fused-ring (bicyclic) bond motifs is 1. The Bertz CT molecular complexity index is 387. The molecule has 0 fully saturated rings. The summed E-state index contributed by atoms with van der Waals surface area (Å²) in [7, 11) is 0. The number of nitrogens with one attached hydrogen (secondary N) is 1. The van der Waals surface area contributed by atoms with Gasteiger partial charge in [0.2, 0.25) is 0 Å². The van der Waals surface area contributed by atoms with Crippen LogP contribution in [0, 0.1) is 12.7 Å². The fourth-order valence-corrected chi connectivity index (χ4v) is 1.74. The van der Waals surface area contributed by atoms with Crippen LogP contribution in [0.3, 0.4) is 0 Å². The SMILES string of the molecule is Cc1cc2c(cc1F)C(=O)NCCC2. The van der Waals surface area contributed by atoms with E-state index in [9.17, 15) is 9.18 Å². The number of hydrogen-bond acceptors (Lipinski definition) is 1. The Morgan fingerprint density at radius 3 is 3.00 bits per heavy atom. The Kier molecular flexibility index (Phi) is 2.23. The van der Waals surface area contributed by atoms with Gasteiger partial charge in [-0.2, -0.15) is 0 Å². The second-order valence-electron chi connectivity index (χ2n) is 3.62. The van der Waals surface area contributed by atoms with Gasteiger partial charge < -0.3 is 5.32 Å². The highest BCUT2D eigenvalue weighted by Crippen LogP contribution is 2.18. The van der Waals surface area contributed by atoms with Gasteiger partial charge in [0.05, 0.1) is 0 Å². The first-order valence-corrected chi connectivity index (χ1v) is 4.75. The average Bonchev–Trinajstić information content (AvgIpc) is 2.31. The van der Waals surface area contributed by atoms with E-state index in [0.717, 1.165) is 18.4 Å². The first kappa shape index (κ1) is 9.19. The number of halogens is 1. The molecular weight excluding hydrogens is 181 g/mol. The van der Waals surface area contributed by atoms with Crippen LogP contribution in [0.25, 0.3) is 0 Å². The van der Waals surface area contributed by atoms with E-state index in [4.69, 9.17) is 0 Å². The minimum Gasteiger partial charge on any atom is -0.352 e. The predicted octanol–water partition coefficient (Wildman–Crippen LogP) is 1.81. The number of hydrogen-bond donors (Lipinski definition) is 1. The Hall–Kier alpha value is -1.38. The summed E-state index contributed by atoms with van der Waals surface area (Å²) in [5.74, 6) is -0.461. The van der Waals surface area contributed by atoms with E-state index in [2.05, 4.69) is 5.32 Å². The Balaban J connectivity index is 2.54. The molecule has 1 amide bonds. The van der Waals surface area contributed by atoms with Gasteiger partial charge in [-0.25, -0.2) is 4.39 Å². The predicted molar refractivity (Wildman–Crippen MR) is 51.8 cm³/mol. The molecule has 0 aromatic heterocycles. The van der Waals surface area contributed by atoms with Gasteiger partial charge in [0.25, 0.3) is 5.91 Å². The zero-order valence-corrected chi connectivity index (χ0v) is 8.06. The van der Waals surface area contributed by atoms with E-state index in [-0.39, 0.29) is 11.7 Å². The summed E-state index contributed by atoms with van der Waals surface area (Å²) in [6.45, 7) is 2.40. The summed E-state index contributed by atoms with van der Waals surface area (Å²) in [5, 5.41) is 2.74. The number of rotatable bonds is 0. The highest BCUT2D eigenvalue weighted by molar-refractivity contribution is 5.96. The second kappa shape index (κ2) is 3.40. The van der Waals surface area contributed by atoms with Gasteiger partial charge in [-0.15, -0.1) is 0 Å². The van der Waals surface area contributed by atoms with E-state index < -0.39 is 0 Å². The van der Waals surface area contributed by atoms with E-state index in [1.54, 1.807) is 13.0 Å². The van der Waals surface area contributed by atoms with Crippen LogP contribution >= 0.6 is 0 Å². The minimum atomic E-state index is -0.305. The molecule has 0 aliphatic carbocycles. The van der Waals surface area contributed by atoms with Crippen molar-refractivity contribution in [3.05, 3.63) is 34.6 Å². The van der Waals surface area contributed by atoms with Crippen LogP contribution in [-0.4, -0.2) is 12.5 Å². The Labute approximate surface area is 82.1 Å². The molecule has 0 saturated heterocycles. The Morgan fingerprint density at radius 1 is 1.43 bits per heavy atom. The first-order chi connectivity index (χ1) is 6.68. The van der Waals surface area contributed by atoms with Crippen LogP contribution in [0.1, 0.15) is 27.9 Å². The topological polar surface area (TPSA) is 29.1 Å². The van der Waals surface area contributed by atoms with E-state index >= 15 is 0 Å². The second-order valence-corrected chi connectivity index (χ2v) is 3.62. The number of aryl methyl sites for hydroxylation is 2. The molecule has 2 nitrogen and oxygen atoms in total. The van der Waals surface area contributed by atoms with Crippen molar-refractivity contribution in [1.82, 2.24) is 5.32 Å². The molecule has 0 bridgehead atoms. The van der Waals surface area contributed by atoms with Gasteiger partial charge in [0, 0.05) is 12.1 Å². The van der Waals surface area contributed by atoms with E-state index in [1.165, 1.54) is 6.07 Å². The molecule has 0 spiro atoms. The van der Waals surface area contributed by atoms with Gasteiger partial charge in [-0.1, -0.05) is 6.07 Å². The summed E-state index contributed by atoms with van der Waals surface area (Å²) in [6.07, 6.45) is 1.76. The van der Waals surface area contributed by atoms with Gasteiger partial charge in [-0.05, 0) is 37.0 Å². The normalized spacial score (nSPS) is 15.7. The number of benzene rings is 1. The van der Waals surface area contributed by atoms with Crippen LogP contribution in [0.2, 0.25) is 0 Å². The molecule has 1 aromatic carbocycles. The van der Waals surface area contributed by atoms with Crippen LogP contribution < -0.4 is 5.32 Å². The van der Waals surface area contributed by atoms with Crippen LogP contribution in [0.4, 0.5) is 4.39 Å². The maximum atomic E-state index is 13.2. The van der Waals surface area contributed by atoms with Crippen molar-refractivity contribution in [3.63, 3.8) is 0 Å². The third-order valence-electron chi connectivity index (χ3n) is 2.54. The smallest absolute Gasteiger partial charge is 0.251 e. The highest BCUT2D eigenvalue weighted by atomic mass is 19.1. The van der Waals surface area contributed by atoms with Crippen molar-refractivity contribution in [3.8, 4) is 0 Å². The minimum absolute atomic E-state index is 0.156. The molecule has 3 heteroatoms. The highest BCUT2D eigenvalue weighted by Gasteiger charge is 2.16. The molecule has 1 aliphatic heterocycles. The molecule has 1 aromatic rings. The van der Waals surface area contributed by atoms with Crippen molar-refractivity contribution in [2.75, 3.05) is 6.54 Å². The number of carbonyl (C=O) groups is 1. The molecule has 1 heterocycles. The summed E-state index contributed by atoms with van der Waals surface area (Å²) in [4.78, 5) is 11.5. The maximum absolute atomic E-state index is 13.2. The van der Waals surface area contributed by atoms with Crippen molar-refractivity contribution in [2.24, 2.45) is 0 Å². The summed E-state index contributed by atoms with van der Waals surface area (Å²) in [6, 6.07) is 3.11. The number of carbonyl (C=O) groups excluding carboxylic acids is 1. The summed E-state index contributed by atoms with van der Waals surface area (Å²) >= 11 is 0. The largest absolute Gasteiger partial charge is 0.352 e. The van der Waals surface area contributed by atoms with Crippen molar-refractivity contribution in [1.29, 1.82) is 0 Å². The molecule has 1 aliphatic rings. The third-order valence-corrected chi connectivity index (χ3v) is 2.54. The lowest BCUT2D eigenvalue weighted by Gasteiger charge is -2.06. The Morgan fingerprint density at radius 2 is 2.21 bits per heavy atom. The molecule has 0 unspecified atom stereocenters. The van der Waals surface area contributed by atoms with Crippen molar-refractivity contribution >= 4 is 5.91 Å². The summed E-state index contributed by atoms with van der Waals surface area (Å²) < 4.78 is 13.2. The first-order valence-electron chi connectivity index (χ1n) is 4.75. The quantitative estimate of drug-likeness (QED) is 0.669. The monoisotopic (exact) mass is 193 g/mol. The van der Waals surface area contributed by atoms with Crippen LogP contribution in [0.15, 0.2) is 12.1 Å². The van der Waals surface area contributed by atoms with Gasteiger partial charge in [0.15, 0.2) is 0 Å². The standard InChI is InChI=1S/C11H12FNO/c1-7-5-8-3-2-4-13-11(14)9(8)6-10(7)12/h5-6H,2-4H2,1H3,(H,13,14). The molecular formula is C11H12FNO. The number of amides is 1. The van der Waals surface area contributed by atoms with Crippen molar-refractivity contribution in [2.45, 2.75) is 19.8 Å². The fraction of sp³-hybridized carbons (Fsp3) is 0.364. The fourth-order valence-electron chi connectivity index (χ4n) is 1.74. The average molecular weight is 193 g/mol. The lowest BCUT2D eigenvalue weighted by Crippen LogP contribution is -2.22. The van der Waals surface area contributed by atoms with Gasteiger partial charge in [0.1, 0.15) is 5.82 Å². The molecule has 14 heavy (non-hydrogen) atoms. The van der Waals surface area contributed by atoms with Crippen molar-refractivity contribution < 1.29 is 9.18 Å². The molecule has 74 valence electrons. The van der Waals surface area contributed by atoms with E-state index in [0.29, 0.717) is 17.7 Å². The third kappa shape index (κ3) is 1.50.